The third kappa shape index (κ3) is 4.64. The molecule has 0 rings (SSSR count). The van der Waals surface area contributed by atoms with Gasteiger partial charge >= 0.3 is 120 Å². The molecule has 20 heavy (non-hydrogen) atoms. The second-order valence-corrected chi connectivity index (χ2v) is 8.09. The molecule has 0 aromatic heterocycles. The minimum atomic E-state index is -5.66. The van der Waals surface area contributed by atoms with Crippen LogP contribution in [-0.2, 0) is 10.9 Å². The summed E-state index contributed by atoms with van der Waals surface area (Å²) in [6.07, 6.45) is -11.3. The summed E-state index contributed by atoms with van der Waals surface area (Å²) in [6.45, 7) is 4.15. The predicted octanol–water partition coefficient (Wildman–Crippen LogP) is 4.44. The monoisotopic (exact) mass is 424 g/mol. The molecule has 0 saturated carbocycles. The van der Waals surface area contributed by atoms with Crippen molar-refractivity contribution in [2.24, 2.45) is 5.41 Å². The van der Waals surface area contributed by atoms with Crippen LogP contribution >= 0.6 is 20.6 Å². The van der Waals surface area contributed by atoms with Gasteiger partial charge in [-0.2, -0.15) is 0 Å². The summed E-state index contributed by atoms with van der Waals surface area (Å²) in [6, 6.07) is 0. The van der Waals surface area contributed by atoms with Crippen molar-refractivity contribution in [2.45, 2.75) is 45.6 Å². The zero-order valence-corrected chi connectivity index (χ0v) is 13.5. The van der Waals surface area contributed by atoms with Crippen LogP contribution in [0.1, 0.15) is 27.7 Å². The summed E-state index contributed by atoms with van der Waals surface area (Å²) in [4.78, 5) is 12.4. The van der Waals surface area contributed by atoms with E-state index in [2.05, 4.69) is 6.13 Å². The molecule has 122 valence electrons. The Morgan fingerprint density at radius 2 is 1.25 bits per heavy atom. The molecule has 0 saturated heterocycles. The minimum absolute atomic E-state index is 0.119. The molecule has 0 fully saturated rings. The fraction of sp³-hybridized carbons (Fsp3) is 0.900. The van der Waals surface area contributed by atoms with Gasteiger partial charge in [0, 0.05) is 0 Å². The number of carbonyl (C=O) groups excluding carboxylic acids is 1. The Balaban J connectivity index is 5.10. The van der Waals surface area contributed by atoms with Gasteiger partial charge in [-0.1, -0.05) is 0 Å². The zero-order valence-electron chi connectivity index (χ0n) is 11.4. The SMILES string of the molecule is CI(OC(=O)C(C)(C)C)OC(C)(C(F)(F)F)C(F)(F)F. The van der Waals surface area contributed by atoms with Gasteiger partial charge in [0.25, 0.3) is 0 Å². The van der Waals surface area contributed by atoms with Gasteiger partial charge in [-0.3, -0.25) is 0 Å². The van der Waals surface area contributed by atoms with Crippen molar-refractivity contribution >= 4 is 26.6 Å². The Morgan fingerprint density at radius 1 is 0.900 bits per heavy atom. The Labute approximate surface area is 120 Å². The summed E-state index contributed by atoms with van der Waals surface area (Å²) in [7, 11) is 0. The average Bonchev–Trinajstić information content (AvgIpc) is 2.11. The second-order valence-electron chi connectivity index (χ2n) is 5.09. The van der Waals surface area contributed by atoms with Crippen LogP contribution < -0.4 is 0 Å². The second kappa shape index (κ2) is 5.85. The van der Waals surface area contributed by atoms with E-state index in [0.717, 1.165) is 4.93 Å². The third-order valence-corrected chi connectivity index (χ3v) is 4.66. The van der Waals surface area contributed by atoms with Gasteiger partial charge in [-0.15, -0.1) is 0 Å². The van der Waals surface area contributed by atoms with Gasteiger partial charge in [0.1, 0.15) is 0 Å². The first kappa shape index (κ1) is 19.7. The zero-order chi connectivity index (χ0) is 16.6. The molecule has 0 amide bonds. The first-order valence-corrected chi connectivity index (χ1v) is 9.10. The predicted molar refractivity (Wildman–Crippen MR) is 67.1 cm³/mol. The van der Waals surface area contributed by atoms with Gasteiger partial charge in [0.05, 0.1) is 0 Å². The van der Waals surface area contributed by atoms with Crippen molar-refractivity contribution in [3.05, 3.63) is 0 Å². The molecule has 0 heterocycles. The van der Waals surface area contributed by atoms with E-state index < -0.39 is 50.0 Å². The Morgan fingerprint density at radius 3 is 1.50 bits per heavy atom. The van der Waals surface area contributed by atoms with E-state index in [9.17, 15) is 31.1 Å². The quantitative estimate of drug-likeness (QED) is 0.382. The van der Waals surface area contributed by atoms with Crippen LogP contribution in [0.25, 0.3) is 0 Å². The van der Waals surface area contributed by atoms with E-state index in [0.29, 0.717) is 0 Å². The van der Waals surface area contributed by atoms with Crippen molar-refractivity contribution in [3.8, 4) is 0 Å². The van der Waals surface area contributed by atoms with Crippen LogP contribution in [0.5, 0.6) is 0 Å². The van der Waals surface area contributed by atoms with Crippen molar-refractivity contribution < 1.29 is 37.3 Å². The van der Waals surface area contributed by atoms with Crippen molar-refractivity contribution in [1.29, 1.82) is 0 Å². The van der Waals surface area contributed by atoms with Crippen LogP contribution in [0.15, 0.2) is 0 Å². The summed E-state index contributed by atoms with van der Waals surface area (Å²) in [5.41, 5.74) is -5.39. The molecule has 0 bridgehead atoms. The Hall–Kier alpha value is -0.260. The van der Waals surface area contributed by atoms with E-state index in [1.54, 1.807) is 0 Å². The molecule has 0 spiro atoms. The van der Waals surface area contributed by atoms with E-state index in [1.807, 2.05) is 0 Å². The summed E-state index contributed by atoms with van der Waals surface area (Å²) in [5, 5.41) is 0. The summed E-state index contributed by atoms with van der Waals surface area (Å²) in [5.74, 6) is -0.906. The molecule has 0 aliphatic rings. The van der Waals surface area contributed by atoms with Gasteiger partial charge in [0.15, 0.2) is 0 Å². The molecule has 0 aliphatic carbocycles. The van der Waals surface area contributed by atoms with Gasteiger partial charge in [-0.25, -0.2) is 0 Å². The molecule has 10 heteroatoms. The Bertz CT molecular complexity index is 343. The number of alkyl halides is 7. The molecule has 0 aromatic carbocycles. The van der Waals surface area contributed by atoms with E-state index in [4.69, 9.17) is 0 Å². The van der Waals surface area contributed by atoms with Crippen LogP contribution in [0, 0.1) is 5.41 Å². The topological polar surface area (TPSA) is 35.5 Å². The summed E-state index contributed by atoms with van der Waals surface area (Å²) < 4.78 is 84.1. The van der Waals surface area contributed by atoms with Crippen molar-refractivity contribution in [2.75, 3.05) is 4.93 Å². The molecular formula is C10H15F6IO3. The fourth-order valence-corrected chi connectivity index (χ4v) is 3.75. The molecule has 0 aromatic rings. The van der Waals surface area contributed by atoms with Gasteiger partial charge < -0.3 is 0 Å². The van der Waals surface area contributed by atoms with Crippen molar-refractivity contribution in [3.63, 3.8) is 0 Å². The van der Waals surface area contributed by atoms with E-state index in [-0.39, 0.29) is 6.92 Å². The fourth-order valence-electron chi connectivity index (χ4n) is 0.696. The third-order valence-electron chi connectivity index (χ3n) is 2.14. The summed E-state index contributed by atoms with van der Waals surface area (Å²) >= 11 is -3.66. The maximum absolute atomic E-state index is 12.6. The first-order valence-electron chi connectivity index (χ1n) is 5.18. The van der Waals surface area contributed by atoms with Gasteiger partial charge in [-0.05, 0) is 0 Å². The molecule has 0 unspecified atom stereocenters. The van der Waals surface area contributed by atoms with Crippen LogP contribution in [0.4, 0.5) is 26.3 Å². The molecular weight excluding hydrogens is 409 g/mol. The molecule has 0 atom stereocenters. The van der Waals surface area contributed by atoms with Crippen LogP contribution in [0.3, 0.4) is 0 Å². The standard InChI is InChI=1S/C10H15F6IO3/c1-7(2,3)6(18)19-17(5)20-8(4,9(11,12)13)10(14,15)16/h1-5H3. The number of carbonyl (C=O) groups is 1. The number of hydrogen-bond acceptors (Lipinski definition) is 3. The normalized spacial score (nSPS) is 15.1. The van der Waals surface area contributed by atoms with E-state index >= 15 is 0 Å². The maximum atomic E-state index is 12.6. The average molecular weight is 424 g/mol. The molecule has 0 N–H and O–H groups in total. The van der Waals surface area contributed by atoms with E-state index in [1.165, 1.54) is 20.8 Å². The Kier molecular flexibility index (Phi) is 5.78. The number of rotatable bonds is 3. The van der Waals surface area contributed by atoms with Crippen LogP contribution in [-0.4, -0.2) is 28.9 Å². The molecule has 3 nitrogen and oxygen atoms in total. The van der Waals surface area contributed by atoms with Gasteiger partial charge in [0.2, 0.25) is 0 Å². The molecule has 0 aliphatic heterocycles. The van der Waals surface area contributed by atoms with Crippen LogP contribution in [0.2, 0.25) is 0 Å². The number of halogens is 7. The van der Waals surface area contributed by atoms with Crippen molar-refractivity contribution in [1.82, 2.24) is 0 Å². The molecule has 0 radical (unpaired) electrons. The first-order chi connectivity index (χ1) is 8.52. The number of hydrogen-bond donors (Lipinski definition) is 0.